The molecule has 0 aromatic heterocycles. The summed E-state index contributed by atoms with van der Waals surface area (Å²) in [5.74, 6) is -1.08. The Hall–Kier alpha value is -1.32. The standard InChI is InChI=1S/C10H16O4/c1-5-7(3)9(14-8(4)11)10(12)13-6-2/h5-6H2,1-4H3. The molecule has 0 aromatic rings. The number of allylic oxidation sites excluding steroid dienone is 1. The molecule has 80 valence electrons. The number of esters is 2. The lowest BCUT2D eigenvalue weighted by Crippen LogP contribution is -2.14. The van der Waals surface area contributed by atoms with E-state index in [4.69, 9.17) is 9.47 Å². The molecule has 0 aliphatic heterocycles. The highest BCUT2D eigenvalue weighted by Crippen LogP contribution is 2.11. The number of hydrogen-bond donors (Lipinski definition) is 0. The Labute approximate surface area is 83.9 Å². The van der Waals surface area contributed by atoms with Crippen molar-refractivity contribution in [1.82, 2.24) is 0 Å². The van der Waals surface area contributed by atoms with Crippen molar-refractivity contribution in [1.29, 1.82) is 0 Å². The Morgan fingerprint density at radius 3 is 2.07 bits per heavy atom. The Balaban J connectivity index is 4.72. The van der Waals surface area contributed by atoms with E-state index >= 15 is 0 Å². The molecule has 4 nitrogen and oxygen atoms in total. The summed E-state index contributed by atoms with van der Waals surface area (Å²) in [5.41, 5.74) is 0.707. The van der Waals surface area contributed by atoms with Crippen LogP contribution in [0.2, 0.25) is 0 Å². The highest BCUT2D eigenvalue weighted by atomic mass is 16.6. The van der Waals surface area contributed by atoms with Crippen molar-refractivity contribution >= 4 is 11.9 Å². The number of ether oxygens (including phenoxy) is 2. The smallest absolute Gasteiger partial charge is 0.374 e. The minimum Gasteiger partial charge on any atom is -0.460 e. The molecule has 0 aliphatic carbocycles. The van der Waals surface area contributed by atoms with Crippen LogP contribution in [0.15, 0.2) is 11.3 Å². The van der Waals surface area contributed by atoms with Gasteiger partial charge in [-0.1, -0.05) is 6.92 Å². The monoisotopic (exact) mass is 200 g/mol. The van der Waals surface area contributed by atoms with E-state index in [9.17, 15) is 9.59 Å². The summed E-state index contributed by atoms with van der Waals surface area (Å²) >= 11 is 0. The molecule has 0 amide bonds. The first kappa shape index (κ1) is 12.7. The zero-order valence-electron chi connectivity index (χ0n) is 9.05. The number of hydrogen-bond acceptors (Lipinski definition) is 4. The molecular formula is C10H16O4. The lowest BCUT2D eigenvalue weighted by atomic mass is 10.2. The molecule has 0 N–H and O–H groups in total. The fraction of sp³-hybridized carbons (Fsp3) is 0.600. The van der Waals surface area contributed by atoms with Crippen LogP contribution in [-0.4, -0.2) is 18.5 Å². The van der Waals surface area contributed by atoms with Crippen LogP contribution in [0.1, 0.15) is 34.1 Å². The van der Waals surface area contributed by atoms with Crippen LogP contribution in [0.3, 0.4) is 0 Å². The Kier molecular flexibility index (Phi) is 5.60. The molecule has 0 saturated carbocycles. The van der Waals surface area contributed by atoms with E-state index in [1.165, 1.54) is 6.92 Å². The van der Waals surface area contributed by atoms with Crippen LogP contribution in [0.25, 0.3) is 0 Å². The van der Waals surface area contributed by atoms with Crippen LogP contribution in [-0.2, 0) is 19.1 Å². The first-order valence-corrected chi connectivity index (χ1v) is 4.58. The van der Waals surface area contributed by atoms with Crippen molar-refractivity contribution in [3.05, 3.63) is 11.3 Å². The van der Waals surface area contributed by atoms with Gasteiger partial charge in [-0.2, -0.15) is 0 Å². The lowest BCUT2D eigenvalue weighted by molar-refractivity contribution is -0.150. The fourth-order valence-corrected chi connectivity index (χ4v) is 0.804. The summed E-state index contributed by atoms with van der Waals surface area (Å²) in [6.07, 6.45) is 0.640. The van der Waals surface area contributed by atoms with Gasteiger partial charge < -0.3 is 9.47 Å². The second-order valence-corrected chi connectivity index (χ2v) is 2.78. The average molecular weight is 200 g/mol. The number of rotatable bonds is 4. The molecule has 0 spiro atoms. The van der Waals surface area contributed by atoms with E-state index in [1.54, 1.807) is 13.8 Å². The highest BCUT2D eigenvalue weighted by Gasteiger charge is 2.17. The van der Waals surface area contributed by atoms with Crippen LogP contribution in [0.4, 0.5) is 0 Å². The van der Waals surface area contributed by atoms with Gasteiger partial charge in [-0.15, -0.1) is 0 Å². The minimum atomic E-state index is -0.581. The van der Waals surface area contributed by atoms with Crippen LogP contribution in [0, 0.1) is 0 Å². The Morgan fingerprint density at radius 1 is 1.14 bits per heavy atom. The summed E-state index contributed by atoms with van der Waals surface area (Å²) in [4.78, 5) is 22.0. The van der Waals surface area contributed by atoms with Gasteiger partial charge in [0, 0.05) is 6.92 Å². The molecule has 0 aliphatic rings. The largest absolute Gasteiger partial charge is 0.460 e. The Bertz CT molecular complexity index is 253. The Morgan fingerprint density at radius 2 is 1.71 bits per heavy atom. The molecule has 0 unspecified atom stereocenters. The fourth-order valence-electron chi connectivity index (χ4n) is 0.804. The normalized spacial score (nSPS) is 11.7. The van der Waals surface area contributed by atoms with Crippen molar-refractivity contribution in [3.8, 4) is 0 Å². The SMILES string of the molecule is CCOC(=O)C(OC(C)=O)=C(C)CC. The van der Waals surface area contributed by atoms with E-state index in [0.717, 1.165) is 0 Å². The lowest BCUT2D eigenvalue weighted by Gasteiger charge is -2.08. The molecule has 0 bridgehead atoms. The van der Waals surface area contributed by atoms with Crippen LogP contribution >= 0.6 is 0 Å². The molecule has 0 rings (SSSR count). The molecule has 0 atom stereocenters. The molecular weight excluding hydrogens is 184 g/mol. The van der Waals surface area contributed by atoms with Crippen molar-refractivity contribution in [2.24, 2.45) is 0 Å². The number of carbonyl (C=O) groups is 2. The van der Waals surface area contributed by atoms with E-state index < -0.39 is 11.9 Å². The maximum Gasteiger partial charge on any atom is 0.374 e. The molecule has 0 radical (unpaired) electrons. The van der Waals surface area contributed by atoms with Gasteiger partial charge in [-0.25, -0.2) is 4.79 Å². The second-order valence-electron chi connectivity index (χ2n) is 2.78. The minimum absolute atomic E-state index is 0.0156. The van der Waals surface area contributed by atoms with Gasteiger partial charge in [0.05, 0.1) is 6.61 Å². The first-order chi connectivity index (χ1) is 6.52. The van der Waals surface area contributed by atoms with Crippen molar-refractivity contribution in [3.63, 3.8) is 0 Å². The summed E-state index contributed by atoms with van der Waals surface area (Å²) in [6.45, 7) is 6.82. The maximum atomic E-state index is 11.3. The maximum absolute atomic E-state index is 11.3. The predicted molar refractivity (Wildman–Crippen MR) is 51.4 cm³/mol. The predicted octanol–water partition coefficient (Wildman–Crippen LogP) is 1.80. The van der Waals surface area contributed by atoms with Crippen molar-refractivity contribution in [2.45, 2.75) is 34.1 Å². The number of carbonyl (C=O) groups excluding carboxylic acids is 2. The third kappa shape index (κ3) is 4.07. The van der Waals surface area contributed by atoms with Gasteiger partial charge in [0.15, 0.2) is 0 Å². The van der Waals surface area contributed by atoms with Crippen molar-refractivity contribution in [2.75, 3.05) is 6.61 Å². The molecule has 4 heteroatoms. The summed E-state index contributed by atoms with van der Waals surface area (Å²) in [7, 11) is 0. The zero-order valence-corrected chi connectivity index (χ0v) is 9.05. The van der Waals surface area contributed by atoms with Gasteiger partial charge in [0.1, 0.15) is 0 Å². The third-order valence-corrected chi connectivity index (χ3v) is 1.62. The van der Waals surface area contributed by atoms with Gasteiger partial charge in [-0.05, 0) is 25.8 Å². The molecule has 0 saturated heterocycles. The van der Waals surface area contributed by atoms with E-state index in [2.05, 4.69) is 0 Å². The van der Waals surface area contributed by atoms with Crippen LogP contribution in [0.5, 0.6) is 0 Å². The van der Waals surface area contributed by atoms with E-state index in [1.807, 2.05) is 6.92 Å². The molecule has 0 aromatic carbocycles. The van der Waals surface area contributed by atoms with Gasteiger partial charge >= 0.3 is 11.9 Å². The molecule has 14 heavy (non-hydrogen) atoms. The second kappa shape index (κ2) is 6.18. The summed E-state index contributed by atoms with van der Waals surface area (Å²) in [6, 6.07) is 0. The van der Waals surface area contributed by atoms with Gasteiger partial charge in [0.2, 0.25) is 5.76 Å². The average Bonchev–Trinajstić information content (AvgIpc) is 2.13. The van der Waals surface area contributed by atoms with Crippen molar-refractivity contribution < 1.29 is 19.1 Å². The van der Waals surface area contributed by atoms with Gasteiger partial charge in [-0.3, -0.25) is 4.79 Å². The van der Waals surface area contributed by atoms with Gasteiger partial charge in [0.25, 0.3) is 0 Å². The third-order valence-electron chi connectivity index (χ3n) is 1.62. The molecule has 0 heterocycles. The van der Waals surface area contributed by atoms with E-state index in [0.29, 0.717) is 12.0 Å². The molecule has 0 fully saturated rings. The summed E-state index contributed by atoms with van der Waals surface area (Å²) in [5, 5.41) is 0. The summed E-state index contributed by atoms with van der Waals surface area (Å²) < 4.78 is 9.54. The quantitative estimate of drug-likeness (QED) is 0.394. The van der Waals surface area contributed by atoms with E-state index in [-0.39, 0.29) is 12.4 Å². The highest BCUT2D eigenvalue weighted by molar-refractivity contribution is 5.89. The van der Waals surface area contributed by atoms with Crippen LogP contribution < -0.4 is 0 Å². The first-order valence-electron chi connectivity index (χ1n) is 4.58. The zero-order chi connectivity index (χ0) is 11.1. The topological polar surface area (TPSA) is 52.6 Å².